The third-order valence-corrected chi connectivity index (χ3v) is 4.60. The second-order valence-electron chi connectivity index (χ2n) is 6.69. The Kier molecular flexibility index (Phi) is 5.41. The normalized spacial score (nSPS) is 26.3. The summed E-state index contributed by atoms with van der Waals surface area (Å²) in [4.78, 5) is 4.87. The van der Waals surface area contributed by atoms with Crippen molar-refractivity contribution in [1.29, 1.82) is 0 Å². The molecule has 2 fully saturated rings. The minimum Gasteiger partial charge on any atom is -0.495 e. The van der Waals surface area contributed by atoms with Crippen LogP contribution < -0.4 is 15.0 Å². The van der Waals surface area contributed by atoms with Gasteiger partial charge in [0, 0.05) is 45.8 Å². The first kappa shape index (κ1) is 16.6. The van der Waals surface area contributed by atoms with Crippen molar-refractivity contribution in [3.63, 3.8) is 0 Å². The Bertz CT molecular complexity index is 507. The highest BCUT2D eigenvalue weighted by molar-refractivity contribution is 5.60. The summed E-state index contributed by atoms with van der Waals surface area (Å²) < 4.78 is 11.5. The molecule has 5 heteroatoms. The summed E-state index contributed by atoms with van der Waals surface area (Å²) in [5.41, 5.74) is 2.52. The van der Waals surface area contributed by atoms with Crippen LogP contribution in [-0.2, 0) is 11.3 Å². The molecule has 2 atom stereocenters. The Morgan fingerprint density at radius 1 is 1.17 bits per heavy atom. The minimum atomic E-state index is 0.306. The van der Waals surface area contributed by atoms with Crippen molar-refractivity contribution in [3.05, 3.63) is 23.8 Å². The van der Waals surface area contributed by atoms with Gasteiger partial charge in [0.1, 0.15) is 5.75 Å². The predicted octanol–water partition coefficient (Wildman–Crippen LogP) is 1.71. The minimum absolute atomic E-state index is 0.306. The first-order chi connectivity index (χ1) is 11.2. The van der Waals surface area contributed by atoms with E-state index in [1.54, 1.807) is 7.11 Å². The van der Waals surface area contributed by atoms with Crippen LogP contribution in [0.1, 0.15) is 19.4 Å². The van der Waals surface area contributed by atoms with E-state index in [-0.39, 0.29) is 0 Å². The SMILES string of the molecule is COc1cc(CN2CC(C)OC(C)C2)ccc1N1CCNCC1. The predicted molar refractivity (Wildman–Crippen MR) is 93.4 cm³/mol. The van der Waals surface area contributed by atoms with Crippen LogP contribution in [-0.4, -0.2) is 63.5 Å². The van der Waals surface area contributed by atoms with Gasteiger partial charge in [-0.25, -0.2) is 0 Å². The van der Waals surface area contributed by atoms with Gasteiger partial charge in [-0.3, -0.25) is 4.90 Å². The molecule has 0 saturated carbocycles. The molecule has 0 bridgehead atoms. The van der Waals surface area contributed by atoms with Crippen molar-refractivity contribution in [2.75, 3.05) is 51.3 Å². The fraction of sp³-hybridized carbons (Fsp3) is 0.667. The molecule has 1 N–H and O–H groups in total. The molecule has 2 aliphatic rings. The quantitative estimate of drug-likeness (QED) is 0.914. The highest BCUT2D eigenvalue weighted by atomic mass is 16.5. The fourth-order valence-electron chi connectivity index (χ4n) is 3.66. The van der Waals surface area contributed by atoms with Crippen LogP contribution in [0.5, 0.6) is 5.75 Å². The summed E-state index contributed by atoms with van der Waals surface area (Å²) in [6.45, 7) is 11.4. The van der Waals surface area contributed by atoms with Crippen LogP contribution in [0, 0.1) is 0 Å². The third-order valence-electron chi connectivity index (χ3n) is 4.60. The van der Waals surface area contributed by atoms with Gasteiger partial charge in [-0.05, 0) is 31.5 Å². The molecular formula is C18H29N3O2. The van der Waals surface area contributed by atoms with Crippen molar-refractivity contribution in [1.82, 2.24) is 10.2 Å². The molecule has 23 heavy (non-hydrogen) atoms. The average molecular weight is 319 g/mol. The summed E-state index contributed by atoms with van der Waals surface area (Å²) in [6, 6.07) is 6.65. The van der Waals surface area contributed by atoms with E-state index >= 15 is 0 Å². The summed E-state index contributed by atoms with van der Waals surface area (Å²) in [6.07, 6.45) is 0.613. The second-order valence-corrected chi connectivity index (χ2v) is 6.69. The second kappa shape index (κ2) is 7.51. The maximum absolute atomic E-state index is 5.82. The Hall–Kier alpha value is -1.30. The number of rotatable bonds is 4. The van der Waals surface area contributed by atoms with Crippen LogP contribution in [0.4, 0.5) is 5.69 Å². The smallest absolute Gasteiger partial charge is 0.142 e. The molecule has 2 aliphatic heterocycles. The highest BCUT2D eigenvalue weighted by Gasteiger charge is 2.22. The summed E-state index contributed by atoms with van der Waals surface area (Å²) in [5.74, 6) is 0.985. The van der Waals surface area contributed by atoms with Crippen LogP contribution in [0.25, 0.3) is 0 Å². The zero-order valence-corrected chi connectivity index (χ0v) is 14.5. The highest BCUT2D eigenvalue weighted by Crippen LogP contribution is 2.30. The summed E-state index contributed by atoms with van der Waals surface area (Å²) >= 11 is 0. The molecule has 2 heterocycles. The van der Waals surface area contributed by atoms with Crippen LogP contribution >= 0.6 is 0 Å². The van der Waals surface area contributed by atoms with E-state index in [1.807, 2.05) is 0 Å². The maximum Gasteiger partial charge on any atom is 0.142 e. The van der Waals surface area contributed by atoms with E-state index in [4.69, 9.17) is 9.47 Å². The van der Waals surface area contributed by atoms with Gasteiger partial charge >= 0.3 is 0 Å². The Morgan fingerprint density at radius 2 is 1.87 bits per heavy atom. The molecule has 5 nitrogen and oxygen atoms in total. The molecule has 0 amide bonds. The molecule has 0 radical (unpaired) electrons. The van der Waals surface area contributed by atoms with E-state index in [2.05, 4.69) is 47.2 Å². The van der Waals surface area contributed by atoms with Gasteiger partial charge in [0.25, 0.3) is 0 Å². The molecule has 128 valence electrons. The lowest BCUT2D eigenvalue weighted by molar-refractivity contribution is -0.0704. The van der Waals surface area contributed by atoms with Crippen molar-refractivity contribution >= 4 is 5.69 Å². The van der Waals surface area contributed by atoms with Gasteiger partial charge in [0.05, 0.1) is 25.0 Å². The lowest BCUT2D eigenvalue weighted by Gasteiger charge is -2.35. The van der Waals surface area contributed by atoms with Crippen molar-refractivity contribution in [2.24, 2.45) is 0 Å². The van der Waals surface area contributed by atoms with Crippen LogP contribution in [0.15, 0.2) is 18.2 Å². The number of piperazine rings is 1. The fourth-order valence-corrected chi connectivity index (χ4v) is 3.66. The van der Waals surface area contributed by atoms with E-state index in [1.165, 1.54) is 11.3 Å². The third kappa shape index (κ3) is 4.16. The number of anilines is 1. The molecule has 0 spiro atoms. The van der Waals surface area contributed by atoms with Crippen molar-refractivity contribution in [3.8, 4) is 5.75 Å². The molecule has 2 saturated heterocycles. The number of morpholine rings is 1. The first-order valence-corrected chi connectivity index (χ1v) is 8.66. The van der Waals surface area contributed by atoms with E-state index < -0.39 is 0 Å². The molecule has 0 aromatic heterocycles. The van der Waals surface area contributed by atoms with E-state index in [0.717, 1.165) is 51.6 Å². The Balaban J connectivity index is 1.71. The maximum atomic E-state index is 5.82. The van der Waals surface area contributed by atoms with Gasteiger partial charge < -0.3 is 19.7 Å². The molecule has 1 aromatic carbocycles. The van der Waals surface area contributed by atoms with Gasteiger partial charge in [0.2, 0.25) is 0 Å². The van der Waals surface area contributed by atoms with Crippen LogP contribution in [0.3, 0.4) is 0 Å². The summed E-state index contributed by atoms with van der Waals surface area (Å²) in [5, 5.41) is 3.39. The largest absolute Gasteiger partial charge is 0.495 e. The molecule has 0 aliphatic carbocycles. The number of ether oxygens (including phenoxy) is 2. The number of hydrogen-bond donors (Lipinski definition) is 1. The van der Waals surface area contributed by atoms with Crippen molar-refractivity contribution < 1.29 is 9.47 Å². The van der Waals surface area contributed by atoms with Gasteiger partial charge in [-0.15, -0.1) is 0 Å². The standard InChI is InChI=1S/C18H29N3O2/c1-14-11-20(12-15(2)23-14)13-16-4-5-17(18(10-16)22-3)21-8-6-19-7-9-21/h4-5,10,14-15,19H,6-9,11-13H2,1-3H3. The zero-order valence-electron chi connectivity index (χ0n) is 14.5. The topological polar surface area (TPSA) is 37.0 Å². The first-order valence-electron chi connectivity index (χ1n) is 8.66. The van der Waals surface area contributed by atoms with Crippen LogP contribution in [0.2, 0.25) is 0 Å². The number of methoxy groups -OCH3 is 1. The molecule has 3 rings (SSSR count). The Labute approximate surface area is 139 Å². The van der Waals surface area contributed by atoms with Gasteiger partial charge in [-0.1, -0.05) is 6.07 Å². The number of nitrogens with zero attached hydrogens (tertiary/aromatic N) is 2. The van der Waals surface area contributed by atoms with Crippen molar-refractivity contribution in [2.45, 2.75) is 32.6 Å². The molecular weight excluding hydrogens is 290 g/mol. The lowest BCUT2D eigenvalue weighted by atomic mass is 10.1. The lowest BCUT2D eigenvalue weighted by Crippen LogP contribution is -2.45. The summed E-state index contributed by atoms with van der Waals surface area (Å²) in [7, 11) is 1.77. The van der Waals surface area contributed by atoms with E-state index in [9.17, 15) is 0 Å². The van der Waals surface area contributed by atoms with Gasteiger partial charge in [0.15, 0.2) is 0 Å². The van der Waals surface area contributed by atoms with E-state index in [0.29, 0.717) is 12.2 Å². The number of benzene rings is 1. The number of nitrogens with one attached hydrogen (secondary N) is 1. The molecule has 2 unspecified atom stereocenters. The molecule has 1 aromatic rings. The zero-order chi connectivity index (χ0) is 16.2. The average Bonchev–Trinajstić information content (AvgIpc) is 2.54. The Morgan fingerprint density at radius 3 is 2.52 bits per heavy atom. The monoisotopic (exact) mass is 319 g/mol. The van der Waals surface area contributed by atoms with Gasteiger partial charge in [-0.2, -0.15) is 0 Å². The number of hydrogen-bond acceptors (Lipinski definition) is 5.